The Balaban J connectivity index is 1.44. The zero-order valence-electron chi connectivity index (χ0n) is 18.2. The van der Waals surface area contributed by atoms with Gasteiger partial charge in [0.1, 0.15) is 6.04 Å². The van der Waals surface area contributed by atoms with E-state index in [0.717, 1.165) is 39.3 Å². The van der Waals surface area contributed by atoms with E-state index in [4.69, 9.17) is 4.42 Å². The number of benzene rings is 2. The Morgan fingerprint density at radius 1 is 1.18 bits per heavy atom. The van der Waals surface area contributed by atoms with Gasteiger partial charge in [0, 0.05) is 20.1 Å². The van der Waals surface area contributed by atoms with Gasteiger partial charge in [-0.1, -0.05) is 30.3 Å². The first-order chi connectivity index (χ1) is 15.9. The van der Waals surface area contributed by atoms with E-state index in [2.05, 4.69) is 0 Å². The molecule has 0 aliphatic carbocycles. The van der Waals surface area contributed by atoms with Crippen LogP contribution < -0.4 is 5.76 Å². The van der Waals surface area contributed by atoms with Crippen molar-refractivity contribution in [1.29, 1.82) is 5.26 Å². The summed E-state index contributed by atoms with van der Waals surface area (Å²) < 4.78 is 6.63. The normalized spacial score (nSPS) is 15.9. The quantitative estimate of drug-likeness (QED) is 0.473. The molecule has 3 aromatic rings. The average Bonchev–Trinajstić information content (AvgIpc) is 3.12. The zero-order valence-corrected chi connectivity index (χ0v) is 18.2. The first-order valence-electron chi connectivity index (χ1n) is 10.8. The van der Waals surface area contributed by atoms with Gasteiger partial charge in [0.05, 0.1) is 5.52 Å². The van der Waals surface area contributed by atoms with E-state index in [9.17, 15) is 24.8 Å². The summed E-state index contributed by atoms with van der Waals surface area (Å²) in [6, 6.07) is 12.5. The third-order valence-corrected chi connectivity index (χ3v) is 6.12. The second kappa shape index (κ2) is 9.20. The molecule has 9 heteroatoms. The summed E-state index contributed by atoms with van der Waals surface area (Å²) in [5.41, 5.74) is 4.08. The fraction of sp³-hybridized carbons (Fsp3) is 0.333. The van der Waals surface area contributed by atoms with Gasteiger partial charge in [0.15, 0.2) is 11.8 Å². The van der Waals surface area contributed by atoms with Crippen LogP contribution in [0.25, 0.3) is 22.2 Å². The number of carboxylic acid groups (broad SMARTS) is 1. The van der Waals surface area contributed by atoms with Crippen molar-refractivity contribution in [3.05, 3.63) is 58.6 Å². The van der Waals surface area contributed by atoms with Crippen molar-refractivity contribution < 1.29 is 19.1 Å². The van der Waals surface area contributed by atoms with Crippen molar-refractivity contribution in [2.45, 2.75) is 31.7 Å². The molecule has 9 nitrogen and oxygen atoms in total. The molecule has 1 aliphatic heterocycles. The summed E-state index contributed by atoms with van der Waals surface area (Å²) in [5, 5.41) is 18.9. The highest BCUT2D eigenvalue weighted by Crippen LogP contribution is 2.25. The van der Waals surface area contributed by atoms with Gasteiger partial charge in [-0.25, -0.2) is 14.5 Å². The Kier molecular flexibility index (Phi) is 6.18. The molecule has 4 rings (SSSR count). The second-order valence-corrected chi connectivity index (χ2v) is 8.13. The van der Waals surface area contributed by atoms with Crippen LogP contribution in [0.2, 0.25) is 0 Å². The number of oxazole rings is 1. The van der Waals surface area contributed by atoms with Crippen molar-refractivity contribution >= 4 is 23.1 Å². The van der Waals surface area contributed by atoms with Crippen LogP contribution in [-0.4, -0.2) is 50.6 Å². The fourth-order valence-electron chi connectivity index (χ4n) is 4.22. The molecule has 33 heavy (non-hydrogen) atoms. The van der Waals surface area contributed by atoms with Crippen LogP contribution in [0, 0.1) is 11.5 Å². The van der Waals surface area contributed by atoms with Crippen LogP contribution in [0.3, 0.4) is 0 Å². The molecule has 1 aromatic heterocycles. The van der Waals surface area contributed by atoms with Gasteiger partial charge >= 0.3 is 11.8 Å². The number of carbonyl (C=O) groups excluding carboxylic acids is 1. The molecule has 1 aliphatic rings. The predicted octanol–water partition coefficient (Wildman–Crippen LogP) is 3.18. The van der Waals surface area contributed by atoms with Crippen molar-refractivity contribution in [1.82, 2.24) is 14.4 Å². The van der Waals surface area contributed by atoms with Gasteiger partial charge in [-0.2, -0.15) is 5.26 Å². The van der Waals surface area contributed by atoms with E-state index in [1.165, 1.54) is 4.57 Å². The lowest BCUT2D eigenvalue weighted by Crippen LogP contribution is -2.52. The molecule has 2 aromatic carbocycles. The van der Waals surface area contributed by atoms with Gasteiger partial charge in [0.25, 0.3) is 5.91 Å². The number of hydrogen-bond donors (Lipinski definition) is 1. The highest BCUT2D eigenvalue weighted by molar-refractivity contribution is 5.86. The van der Waals surface area contributed by atoms with Crippen LogP contribution in [0.4, 0.5) is 4.79 Å². The maximum Gasteiger partial charge on any atom is 0.419 e. The molecule has 2 amide bonds. The summed E-state index contributed by atoms with van der Waals surface area (Å²) in [6.45, 7) is 0.493. The predicted molar refractivity (Wildman–Crippen MR) is 120 cm³/mol. The Hall–Kier alpha value is -4.06. The molecule has 2 heterocycles. The number of likely N-dealkylation sites (tertiary alicyclic amines) is 1. The van der Waals surface area contributed by atoms with Crippen LogP contribution in [-0.2, 0) is 18.3 Å². The second-order valence-electron chi connectivity index (χ2n) is 8.13. The monoisotopic (exact) mass is 448 g/mol. The van der Waals surface area contributed by atoms with E-state index in [1.807, 2.05) is 42.6 Å². The van der Waals surface area contributed by atoms with Gasteiger partial charge in [0.2, 0.25) is 0 Å². The van der Waals surface area contributed by atoms with Gasteiger partial charge in [-0.05, 0) is 54.5 Å². The first-order valence-corrected chi connectivity index (χ1v) is 10.8. The van der Waals surface area contributed by atoms with Crippen LogP contribution in [0.1, 0.15) is 24.8 Å². The maximum absolute atomic E-state index is 12.8. The van der Waals surface area contributed by atoms with E-state index in [0.29, 0.717) is 30.5 Å². The largest absolute Gasteiger partial charge is 0.465 e. The molecule has 170 valence electrons. The molecule has 1 N–H and O–H groups in total. The number of amides is 2. The minimum atomic E-state index is -1.13. The number of rotatable bonds is 5. The number of piperidine rings is 1. The lowest BCUT2D eigenvalue weighted by Gasteiger charge is -2.33. The van der Waals surface area contributed by atoms with Crippen molar-refractivity contribution in [2.24, 2.45) is 7.05 Å². The van der Waals surface area contributed by atoms with E-state index >= 15 is 0 Å². The lowest BCUT2D eigenvalue weighted by molar-refractivity contribution is -0.134. The number of carbonyl (C=O) groups is 2. The Morgan fingerprint density at radius 2 is 1.91 bits per heavy atom. The topological polar surface area (TPSA) is 120 Å². The molecule has 1 unspecified atom stereocenters. The fourth-order valence-corrected chi connectivity index (χ4v) is 4.22. The van der Waals surface area contributed by atoms with Gasteiger partial charge in [-0.15, -0.1) is 0 Å². The standard InChI is InChI=1S/C24H24N4O5/c1-26-20-14-18(9-10-21(20)33-24(26)32)17-7-5-16(6-8-17)11-13-27(15-25)22(29)19-4-2-3-12-28(19)23(30)31/h5-10,14,19H,2-4,11-13H2,1H3,(H,30,31). The van der Waals surface area contributed by atoms with Crippen molar-refractivity contribution in [2.75, 3.05) is 13.1 Å². The summed E-state index contributed by atoms with van der Waals surface area (Å²) >= 11 is 0. The minimum absolute atomic E-state index is 0.182. The summed E-state index contributed by atoms with van der Waals surface area (Å²) in [6.07, 6.45) is 3.18. The summed E-state index contributed by atoms with van der Waals surface area (Å²) in [4.78, 5) is 38.2. The maximum atomic E-state index is 12.8. The number of nitrogens with zero attached hydrogens (tertiary/aromatic N) is 4. The third kappa shape index (κ3) is 4.46. The van der Waals surface area contributed by atoms with E-state index in [1.54, 1.807) is 13.1 Å². The Bertz CT molecular complexity index is 1280. The molecule has 1 fully saturated rings. The Morgan fingerprint density at radius 3 is 2.61 bits per heavy atom. The number of aryl methyl sites for hydroxylation is 1. The first kappa shape index (κ1) is 22.1. The molecule has 1 atom stereocenters. The number of fused-ring (bicyclic) bond motifs is 1. The van der Waals surface area contributed by atoms with Crippen LogP contribution in [0.15, 0.2) is 51.7 Å². The highest BCUT2D eigenvalue weighted by Gasteiger charge is 2.34. The number of nitriles is 1. The van der Waals surface area contributed by atoms with Gasteiger partial charge < -0.3 is 9.52 Å². The number of hydrogen-bond acceptors (Lipinski definition) is 5. The summed E-state index contributed by atoms with van der Waals surface area (Å²) in [7, 11) is 1.66. The molecular weight excluding hydrogens is 424 g/mol. The molecule has 0 bridgehead atoms. The smallest absolute Gasteiger partial charge is 0.419 e. The highest BCUT2D eigenvalue weighted by atomic mass is 16.4. The third-order valence-electron chi connectivity index (χ3n) is 6.12. The SMILES string of the molecule is Cn1c(=O)oc2ccc(-c3ccc(CCN(C#N)C(=O)C4CCCCN4C(=O)O)cc3)cc21. The van der Waals surface area contributed by atoms with Crippen molar-refractivity contribution in [3.63, 3.8) is 0 Å². The zero-order chi connectivity index (χ0) is 23.5. The summed E-state index contributed by atoms with van der Waals surface area (Å²) in [5.74, 6) is -0.871. The number of aromatic nitrogens is 1. The molecule has 0 spiro atoms. The lowest BCUT2D eigenvalue weighted by atomic mass is 10.0. The van der Waals surface area contributed by atoms with E-state index in [-0.39, 0.29) is 6.54 Å². The van der Waals surface area contributed by atoms with Crippen molar-refractivity contribution in [3.8, 4) is 17.3 Å². The van der Waals surface area contributed by atoms with Crippen LogP contribution >= 0.6 is 0 Å². The van der Waals surface area contributed by atoms with Gasteiger partial charge in [-0.3, -0.25) is 14.3 Å². The molecule has 0 saturated carbocycles. The molecular formula is C24H24N4O5. The minimum Gasteiger partial charge on any atom is -0.465 e. The molecule has 1 saturated heterocycles. The van der Waals surface area contributed by atoms with E-state index < -0.39 is 23.8 Å². The Labute approximate surface area is 190 Å². The molecule has 0 radical (unpaired) electrons. The van der Waals surface area contributed by atoms with Crippen LogP contribution in [0.5, 0.6) is 0 Å². The average molecular weight is 448 g/mol.